The first kappa shape index (κ1) is 19.4. The Labute approximate surface area is 159 Å². The van der Waals surface area contributed by atoms with Crippen LogP contribution in [-0.4, -0.2) is 78.8 Å². The molecule has 0 spiro atoms. The number of hydrogen-bond donors (Lipinski definition) is 2. The number of rotatable bonds is 6. The van der Waals surface area contributed by atoms with E-state index in [0.29, 0.717) is 30.4 Å². The molecule has 2 N–H and O–H groups in total. The SMILES string of the molecule is CC(C(=O)Nc1ccc2c(c1)OCCO2)N1CCC(N(C)CC(=O)O)CC1. The quantitative estimate of drug-likeness (QED) is 0.771. The van der Waals surface area contributed by atoms with Crippen molar-refractivity contribution in [2.24, 2.45) is 0 Å². The van der Waals surface area contributed by atoms with Gasteiger partial charge in [-0.05, 0) is 38.9 Å². The Hall–Kier alpha value is -2.32. The van der Waals surface area contributed by atoms with Crippen LogP contribution >= 0.6 is 0 Å². The lowest BCUT2D eigenvalue weighted by molar-refractivity contribution is -0.138. The number of carboxylic acid groups (broad SMARTS) is 1. The third-order valence-electron chi connectivity index (χ3n) is 5.24. The van der Waals surface area contributed by atoms with Crippen molar-refractivity contribution >= 4 is 17.6 Å². The molecule has 0 radical (unpaired) electrons. The van der Waals surface area contributed by atoms with Crippen molar-refractivity contribution in [2.45, 2.75) is 31.8 Å². The van der Waals surface area contributed by atoms with Gasteiger partial charge in [0, 0.05) is 30.9 Å². The Bertz CT molecular complexity index is 688. The van der Waals surface area contributed by atoms with Crippen molar-refractivity contribution in [3.8, 4) is 11.5 Å². The van der Waals surface area contributed by atoms with Gasteiger partial charge in [-0.1, -0.05) is 0 Å². The number of nitrogens with zero attached hydrogens (tertiary/aromatic N) is 2. The van der Waals surface area contributed by atoms with Gasteiger partial charge >= 0.3 is 5.97 Å². The average Bonchev–Trinajstić information content (AvgIpc) is 2.67. The molecule has 148 valence electrons. The molecule has 2 aliphatic rings. The van der Waals surface area contributed by atoms with E-state index in [-0.39, 0.29) is 24.5 Å². The number of carboxylic acids is 1. The van der Waals surface area contributed by atoms with Crippen LogP contribution in [0.15, 0.2) is 18.2 Å². The Kier molecular flexibility index (Phi) is 6.18. The monoisotopic (exact) mass is 377 g/mol. The smallest absolute Gasteiger partial charge is 0.317 e. The molecule has 8 heteroatoms. The fourth-order valence-electron chi connectivity index (χ4n) is 3.59. The number of carbonyl (C=O) groups is 2. The van der Waals surface area contributed by atoms with Gasteiger partial charge in [0.1, 0.15) is 13.2 Å². The molecular formula is C19H27N3O5. The summed E-state index contributed by atoms with van der Waals surface area (Å²) >= 11 is 0. The normalized spacial score (nSPS) is 18.9. The number of benzene rings is 1. The van der Waals surface area contributed by atoms with E-state index in [1.807, 2.05) is 24.9 Å². The molecule has 8 nitrogen and oxygen atoms in total. The standard InChI is InChI=1S/C19H27N3O5/c1-13(22-7-5-15(6-8-22)21(2)12-18(23)24)19(25)20-14-3-4-16-17(11-14)27-10-9-26-16/h3-4,11,13,15H,5-10,12H2,1-2H3,(H,20,25)(H,23,24). The molecule has 0 saturated carbocycles. The number of aliphatic carboxylic acids is 1. The summed E-state index contributed by atoms with van der Waals surface area (Å²) in [6.07, 6.45) is 1.71. The molecule has 0 aromatic heterocycles. The van der Waals surface area contributed by atoms with Gasteiger partial charge in [-0.3, -0.25) is 19.4 Å². The van der Waals surface area contributed by atoms with Crippen molar-refractivity contribution < 1.29 is 24.2 Å². The van der Waals surface area contributed by atoms with Crippen molar-refractivity contribution in [3.05, 3.63) is 18.2 Å². The average molecular weight is 377 g/mol. The van der Waals surface area contributed by atoms with Gasteiger partial charge in [-0.2, -0.15) is 0 Å². The van der Waals surface area contributed by atoms with Gasteiger partial charge < -0.3 is 19.9 Å². The highest BCUT2D eigenvalue weighted by atomic mass is 16.6. The van der Waals surface area contributed by atoms with Gasteiger partial charge in [-0.25, -0.2) is 0 Å². The van der Waals surface area contributed by atoms with Gasteiger partial charge in [0.15, 0.2) is 11.5 Å². The summed E-state index contributed by atoms with van der Waals surface area (Å²) in [5.74, 6) is 0.463. The third kappa shape index (κ3) is 4.90. The third-order valence-corrected chi connectivity index (χ3v) is 5.24. The van der Waals surface area contributed by atoms with Crippen molar-refractivity contribution in [1.29, 1.82) is 0 Å². The van der Waals surface area contributed by atoms with Crippen LogP contribution in [0.25, 0.3) is 0 Å². The predicted molar refractivity (Wildman–Crippen MR) is 100 cm³/mol. The zero-order chi connectivity index (χ0) is 19.4. The van der Waals surface area contributed by atoms with Crippen molar-refractivity contribution in [1.82, 2.24) is 9.80 Å². The van der Waals surface area contributed by atoms with Crippen LogP contribution in [0.2, 0.25) is 0 Å². The number of hydrogen-bond acceptors (Lipinski definition) is 6. The number of likely N-dealkylation sites (tertiary alicyclic amines) is 1. The summed E-state index contributed by atoms with van der Waals surface area (Å²) in [6.45, 7) is 4.52. The fraction of sp³-hybridized carbons (Fsp3) is 0.579. The molecule has 3 rings (SSSR count). The number of amides is 1. The second-order valence-electron chi connectivity index (χ2n) is 7.10. The maximum atomic E-state index is 12.6. The first-order valence-corrected chi connectivity index (χ1v) is 9.30. The summed E-state index contributed by atoms with van der Waals surface area (Å²) in [7, 11) is 1.84. The van der Waals surface area contributed by atoms with Crippen LogP contribution in [-0.2, 0) is 9.59 Å². The van der Waals surface area contributed by atoms with Gasteiger partial charge in [0.05, 0.1) is 12.6 Å². The van der Waals surface area contributed by atoms with Crippen LogP contribution in [0.3, 0.4) is 0 Å². The molecule has 1 saturated heterocycles. The lowest BCUT2D eigenvalue weighted by Crippen LogP contribution is -2.50. The van der Waals surface area contributed by atoms with E-state index in [2.05, 4.69) is 10.2 Å². The van der Waals surface area contributed by atoms with Gasteiger partial charge in [0.25, 0.3) is 0 Å². The summed E-state index contributed by atoms with van der Waals surface area (Å²) in [4.78, 5) is 27.5. The second-order valence-corrected chi connectivity index (χ2v) is 7.10. The van der Waals surface area contributed by atoms with Gasteiger partial charge in [0.2, 0.25) is 5.91 Å². The number of ether oxygens (including phenoxy) is 2. The van der Waals surface area contributed by atoms with Crippen LogP contribution in [0, 0.1) is 0 Å². The highest BCUT2D eigenvalue weighted by Gasteiger charge is 2.29. The molecule has 2 heterocycles. The van der Waals surface area contributed by atoms with Crippen molar-refractivity contribution in [3.63, 3.8) is 0 Å². The molecule has 27 heavy (non-hydrogen) atoms. The van der Waals surface area contributed by atoms with Crippen LogP contribution < -0.4 is 14.8 Å². The maximum absolute atomic E-state index is 12.6. The van der Waals surface area contributed by atoms with E-state index in [1.165, 1.54) is 0 Å². The Morgan fingerprint density at radius 3 is 2.59 bits per heavy atom. The second kappa shape index (κ2) is 8.58. The van der Waals surface area contributed by atoms with Crippen molar-refractivity contribution in [2.75, 3.05) is 45.2 Å². The lowest BCUT2D eigenvalue weighted by Gasteiger charge is -2.38. The van der Waals surface area contributed by atoms with Crippen LogP contribution in [0.5, 0.6) is 11.5 Å². The molecule has 0 aliphatic carbocycles. The molecular weight excluding hydrogens is 350 g/mol. The molecule has 1 atom stereocenters. The molecule has 1 fully saturated rings. The van der Waals surface area contributed by atoms with E-state index in [4.69, 9.17) is 14.6 Å². The zero-order valence-corrected chi connectivity index (χ0v) is 15.8. The Morgan fingerprint density at radius 2 is 1.93 bits per heavy atom. The molecule has 1 amide bonds. The van der Waals surface area contributed by atoms with E-state index < -0.39 is 5.97 Å². The maximum Gasteiger partial charge on any atom is 0.317 e. The Balaban J connectivity index is 1.51. The topological polar surface area (TPSA) is 91.3 Å². The minimum atomic E-state index is -0.813. The molecule has 1 unspecified atom stereocenters. The predicted octanol–water partition coefficient (Wildman–Crippen LogP) is 1.27. The number of nitrogens with one attached hydrogen (secondary N) is 1. The number of fused-ring (bicyclic) bond motifs is 1. The number of carbonyl (C=O) groups excluding carboxylic acids is 1. The minimum Gasteiger partial charge on any atom is -0.486 e. The largest absolute Gasteiger partial charge is 0.486 e. The zero-order valence-electron chi connectivity index (χ0n) is 15.8. The van der Waals surface area contributed by atoms with E-state index in [9.17, 15) is 9.59 Å². The first-order chi connectivity index (χ1) is 12.9. The molecule has 1 aromatic rings. The summed E-state index contributed by atoms with van der Waals surface area (Å²) in [6, 6.07) is 5.38. The number of anilines is 1. The van der Waals surface area contributed by atoms with Gasteiger partial charge in [-0.15, -0.1) is 0 Å². The van der Waals surface area contributed by atoms with Crippen LogP contribution in [0.1, 0.15) is 19.8 Å². The summed E-state index contributed by atoms with van der Waals surface area (Å²) < 4.78 is 11.0. The highest BCUT2D eigenvalue weighted by Crippen LogP contribution is 2.32. The number of piperidine rings is 1. The van der Waals surface area contributed by atoms with E-state index in [1.54, 1.807) is 12.1 Å². The van der Waals surface area contributed by atoms with E-state index in [0.717, 1.165) is 25.9 Å². The fourth-order valence-corrected chi connectivity index (χ4v) is 3.59. The molecule has 1 aromatic carbocycles. The minimum absolute atomic E-state index is 0.0464. The lowest BCUT2D eigenvalue weighted by atomic mass is 10.0. The summed E-state index contributed by atoms with van der Waals surface area (Å²) in [5, 5.41) is 11.9. The highest BCUT2D eigenvalue weighted by molar-refractivity contribution is 5.94. The first-order valence-electron chi connectivity index (χ1n) is 9.30. The van der Waals surface area contributed by atoms with Crippen LogP contribution in [0.4, 0.5) is 5.69 Å². The Morgan fingerprint density at radius 1 is 1.26 bits per heavy atom. The molecule has 0 bridgehead atoms. The summed E-state index contributed by atoms with van der Waals surface area (Å²) in [5.41, 5.74) is 0.687. The molecule has 2 aliphatic heterocycles. The van der Waals surface area contributed by atoms with E-state index >= 15 is 0 Å². The number of likely N-dealkylation sites (N-methyl/N-ethyl adjacent to an activating group) is 1.